The van der Waals surface area contributed by atoms with Crippen molar-refractivity contribution in [1.29, 1.82) is 0 Å². The summed E-state index contributed by atoms with van der Waals surface area (Å²) in [5.74, 6) is 0. The normalized spacial score (nSPS) is 13.6. The molecule has 0 unspecified atom stereocenters. The number of aromatic nitrogens is 1. The maximum Gasteiger partial charge on any atom is 0.124 e. The smallest absolute Gasteiger partial charge is 0.124 e. The van der Waals surface area contributed by atoms with Gasteiger partial charge in [0.15, 0.2) is 0 Å². The summed E-state index contributed by atoms with van der Waals surface area (Å²) in [6.45, 7) is 4.62. The van der Waals surface area contributed by atoms with Crippen LogP contribution in [-0.2, 0) is 5.41 Å². The zero-order valence-electron chi connectivity index (χ0n) is 23.9. The predicted molar refractivity (Wildman–Crippen MR) is 175 cm³/mol. The molecule has 0 atom stereocenters. The number of unbranched alkanes of at least 4 members (excludes halogenated alkanes) is 10. The summed E-state index contributed by atoms with van der Waals surface area (Å²) in [5.41, 5.74) is 8.47. The Bertz CT molecular complexity index is 1320. The molecule has 3 heteroatoms. The first-order valence-corrected chi connectivity index (χ1v) is 17.1. The molecule has 5 rings (SSSR count). The molecule has 0 spiro atoms. The van der Waals surface area contributed by atoms with E-state index in [4.69, 9.17) is 4.98 Å². The topological polar surface area (TPSA) is 12.9 Å². The molecule has 0 N–H and O–H groups in total. The van der Waals surface area contributed by atoms with E-state index in [9.17, 15) is 0 Å². The summed E-state index contributed by atoms with van der Waals surface area (Å²) in [4.78, 5) is 5.04. The van der Waals surface area contributed by atoms with Crippen LogP contribution < -0.4 is 0 Å². The number of hydrogen-bond acceptors (Lipinski definition) is 2. The Labute approximate surface area is 248 Å². The van der Waals surface area contributed by atoms with Gasteiger partial charge in [0.1, 0.15) is 5.01 Å². The molecule has 39 heavy (non-hydrogen) atoms. The molecule has 0 saturated heterocycles. The minimum absolute atomic E-state index is 0.0939. The van der Waals surface area contributed by atoms with Crippen molar-refractivity contribution < 1.29 is 0 Å². The van der Waals surface area contributed by atoms with E-state index in [1.54, 1.807) is 11.1 Å². The highest BCUT2D eigenvalue weighted by Crippen LogP contribution is 2.55. The first kappa shape index (κ1) is 28.6. The summed E-state index contributed by atoms with van der Waals surface area (Å²) in [5, 5.41) is 1.14. The number of thiazole rings is 1. The first-order valence-electron chi connectivity index (χ1n) is 15.5. The monoisotopic (exact) mass is 601 g/mol. The molecule has 4 aromatic rings. The molecule has 1 aliphatic carbocycles. The Morgan fingerprint density at radius 3 is 1.92 bits per heavy atom. The second-order valence-electron chi connectivity index (χ2n) is 11.6. The molecule has 0 fully saturated rings. The van der Waals surface area contributed by atoms with Crippen LogP contribution in [0.5, 0.6) is 0 Å². The van der Waals surface area contributed by atoms with Gasteiger partial charge in [0.2, 0.25) is 0 Å². The number of fused-ring (bicyclic) bond motifs is 4. The van der Waals surface area contributed by atoms with Crippen LogP contribution in [0.15, 0.2) is 65.1 Å². The predicted octanol–water partition coefficient (Wildman–Crippen LogP) is 12.5. The van der Waals surface area contributed by atoms with Crippen LogP contribution in [0.4, 0.5) is 0 Å². The fourth-order valence-electron chi connectivity index (χ4n) is 6.67. The molecule has 0 amide bonds. The van der Waals surface area contributed by atoms with E-state index in [0.29, 0.717) is 0 Å². The van der Waals surface area contributed by atoms with Crippen molar-refractivity contribution in [1.82, 2.24) is 4.98 Å². The van der Waals surface area contributed by atoms with E-state index in [2.05, 4.69) is 90.4 Å². The third-order valence-electron chi connectivity index (χ3n) is 8.78. The highest BCUT2D eigenvalue weighted by molar-refractivity contribution is 9.10. The molecule has 0 aliphatic heterocycles. The van der Waals surface area contributed by atoms with Crippen LogP contribution in [0, 0.1) is 0 Å². The van der Waals surface area contributed by atoms with E-state index in [1.807, 2.05) is 11.3 Å². The molecule has 206 valence electrons. The number of para-hydroxylation sites is 1. The van der Waals surface area contributed by atoms with Crippen molar-refractivity contribution in [2.45, 2.75) is 109 Å². The first-order chi connectivity index (χ1) is 19.2. The lowest BCUT2D eigenvalue weighted by Gasteiger charge is -2.33. The maximum absolute atomic E-state index is 5.04. The molecule has 3 aromatic carbocycles. The molecule has 1 aromatic heterocycles. The van der Waals surface area contributed by atoms with Gasteiger partial charge < -0.3 is 0 Å². The average Bonchev–Trinajstić information content (AvgIpc) is 3.50. The lowest BCUT2D eigenvalue weighted by atomic mass is 9.70. The van der Waals surface area contributed by atoms with Gasteiger partial charge in [-0.2, -0.15) is 0 Å². The van der Waals surface area contributed by atoms with Crippen LogP contribution in [0.1, 0.15) is 115 Å². The second kappa shape index (κ2) is 13.6. The third kappa shape index (κ3) is 6.35. The Kier molecular flexibility index (Phi) is 9.95. The van der Waals surface area contributed by atoms with E-state index in [-0.39, 0.29) is 5.41 Å². The molecule has 0 bridgehead atoms. The summed E-state index contributed by atoms with van der Waals surface area (Å²) >= 11 is 5.67. The van der Waals surface area contributed by atoms with Gasteiger partial charge in [-0.05, 0) is 65.4 Å². The molecular formula is C36H44BrNS. The number of hydrogen-bond donors (Lipinski definition) is 0. The maximum atomic E-state index is 5.04. The van der Waals surface area contributed by atoms with Crippen LogP contribution in [0.2, 0.25) is 0 Å². The van der Waals surface area contributed by atoms with Crippen molar-refractivity contribution >= 4 is 37.5 Å². The quantitative estimate of drug-likeness (QED) is 0.123. The van der Waals surface area contributed by atoms with Crippen LogP contribution >= 0.6 is 27.3 Å². The van der Waals surface area contributed by atoms with Gasteiger partial charge in [0, 0.05) is 15.5 Å². The van der Waals surface area contributed by atoms with Crippen molar-refractivity contribution in [3.63, 3.8) is 0 Å². The number of halogens is 1. The van der Waals surface area contributed by atoms with Crippen molar-refractivity contribution in [2.24, 2.45) is 0 Å². The zero-order valence-corrected chi connectivity index (χ0v) is 26.3. The van der Waals surface area contributed by atoms with Gasteiger partial charge in [-0.1, -0.05) is 137 Å². The Morgan fingerprint density at radius 1 is 0.667 bits per heavy atom. The average molecular weight is 603 g/mol. The van der Waals surface area contributed by atoms with Gasteiger partial charge in [-0.25, -0.2) is 4.98 Å². The van der Waals surface area contributed by atoms with Crippen LogP contribution in [-0.4, -0.2) is 4.98 Å². The number of benzene rings is 3. The van der Waals surface area contributed by atoms with Crippen LogP contribution in [0.3, 0.4) is 0 Å². The van der Waals surface area contributed by atoms with Gasteiger partial charge in [-0.15, -0.1) is 11.3 Å². The van der Waals surface area contributed by atoms with Crippen LogP contribution in [0.25, 0.3) is 31.9 Å². The van der Waals surface area contributed by atoms with E-state index >= 15 is 0 Å². The lowest BCUT2D eigenvalue weighted by molar-refractivity contribution is 0.398. The van der Waals surface area contributed by atoms with E-state index in [0.717, 1.165) is 10.5 Å². The van der Waals surface area contributed by atoms with Gasteiger partial charge in [-0.3, -0.25) is 0 Å². The SMILES string of the molecule is CCCCCCCCC1(CCCCCCCC)c2cc(Br)ccc2-c2ccc(-c3nc4ccccc4s3)cc21. The van der Waals surface area contributed by atoms with Crippen molar-refractivity contribution in [2.75, 3.05) is 0 Å². The lowest BCUT2D eigenvalue weighted by Crippen LogP contribution is -2.25. The largest absolute Gasteiger partial charge is 0.236 e. The number of nitrogens with zero attached hydrogens (tertiary/aromatic N) is 1. The summed E-state index contributed by atoms with van der Waals surface area (Å²) in [6.07, 6.45) is 18.6. The van der Waals surface area contributed by atoms with Gasteiger partial charge >= 0.3 is 0 Å². The molecule has 1 aliphatic rings. The molecule has 0 radical (unpaired) electrons. The van der Waals surface area contributed by atoms with Crippen molar-refractivity contribution in [3.8, 4) is 21.7 Å². The molecule has 0 saturated carbocycles. The standard InChI is InChI=1S/C36H44BrNS/c1-3-5-7-9-11-15-23-36(24-16-12-10-8-6-4-2)31-25-27(35-38-33-17-13-14-18-34(33)39-35)19-21-29(31)30-22-20-28(37)26-32(30)36/h13-14,17-22,25-26H,3-12,15-16,23-24H2,1-2H3. The minimum atomic E-state index is 0.0939. The minimum Gasteiger partial charge on any atom is -0.236 e. The number of rotatable bonds is 15. The third-order valence-corrected chi connectivity index (χ3v) is 10.4. The summed E-state index contributed by atoms with van der Waals surface area (Å²) in [7, 11) is 0. The van der Waals surface area contributed by atoms with E-state index < -0.39 is 0 Å². The van der Waals surface area contributed by atoms with Gasteiger partial charge in [0.05, 0.1) is 10.2 Å². The van der Waals surface area contributed by atoms with Gasteiger partial charge in [0.25, 0.3) is 0 Å². The Balaban J connectivity index is 1.51. The second-order valence-corrected chi connectivity index (χ2v) is 13.5. The fourth-order valence-corrected chi connectivity index (χ4v) is 8.00. The Hall–Kier alpha value is -1.97. The zero-order chi connectivity index (χ0) is 27.1. The fraction of sp³-hybridized carbons (Fsp3) is 0.472. The van der Waals surface area contributed by atoms with Crippen molar-refractivity contribution in [3.05, 3.63) is 76.3 Å². The van der Waals surface area contributed by atoms with E-state index in [1.165, 1.54) is 116 Å². The Morgan fingerprint density at radius 2 is 1.26 bits per heavy atom. The molecule has 1 heterocycles. The summed E-state index contributed by atoms with van der Waals surface area (Å²) in [6, 6.07) is 22.8. The summed E-state index contributed by atoms with van der Waals surface area (Å²) < 4.78 is 2.47. The molecule has 1 nitrogen and oxygen atoms in total. The highest BCUT2D eigenvalue weighted by Gasteiger charge is 2.42. The molecular weight excluding hydrogens is 558 g/mol. The highest BCUT2D eigenvalue weighted by atomic mass is 79.9.